The lowest BCUT2D eigenvalue weighted by atomic mass is 10.2. The fourth-order valence-corrected chi connectivity index (χ4v) is 2.23. The first-order valence-corrected chi connectivity index (χ1v) is 6.32. The molecule has 2 rings (SSSR count). The van der Waals surface area contributed by atoms with E-state index in [1.54, 1.807) is 11.3 Å². The normalized spacial score (nSPS) is 10.3. The minimum absolute atomic E-state index is 0.787. The first kappa shape index (κ1) is 10.6. The van der Waals surface area contributed by atoms with Crippen LogP contribution in [0.25, 0.3) is 0 Å². The zero-order valence-corrected chi connectivity index (χ0v) is 10.7. The quantitative estimate of drug-likeness (QED) is 0.926. The van der Waals surface area contributed by atoms with Crippen LogP contribution in [0.3, 0.4) is 0 Å². The molecule has 0 unspecified atom stereocenters. The number of hydrogen-bond donors (Lipinski definition) is 1. The van der Waals surface area contributed by atoms with Crippen molar-refractivity contribution in [3.63, 3.8) is 0 Å². The Hall–Kier alpha value is -0.870. The first-order chi connectivity index (χ1) is 7.27. The summed E-state index contributed by atoms with van der Waals surface area (Å²) in [4.78, 5) is 4.23. The summed E-state index contributed by atoms with van der Waals surface area (Å²) in [6.07, 6.45) is 1.83. The van der Waals surface area contributed by atoms with Crippen LogP contribution < -0.4 is 5.32 Å². The summed E-state index contributed by atoms with van der Waals surface area (Å²) in [7, 11) is 0. The van der Waals surface area contributed by atoms with Gasteiger partial charge in [0.2, 0.25) is 0 Å². The van der Waals surface area contributed by atoms with E-state index >= 15 is 0 Å². The van der Waals surface area contributed by atoms with Gasteiger partial charge in [0.25, 0.3) is 0 Å². The SMILES string of the molecule is Cc1c(Br)cccc1NCc1nccs1. The van der Waals surface area contributed by atoms with Crippen LogP contribution in [0.1, 0.15) is 10.6 Å². The summed E-state index contributed by atoms with van der Waals surface area (Å²) in [5.74, 6) is 0. The van der Waals surface area contributed by atoms with Crippen LogP contribution in [0.4, 0.5) is 5.69 Å². The number of aromatic nitrogens is 1. The summed E-state index contributed by atoms with van der Waals surface area (Å²) in [6, 6.07) is 6.15. The lowest BCUT2D eigenvalue weighted by molar-refractivity contribution is 1.10. The molecular formula is C11H11BrN2S. The Morgan fingerprint density at radius 2 is 2.33 bits per heavy atom. The summed E-state index contributed by atoms with van der Waals surface area (Å²) in [5.41, 5.74) is 2.38. The average molecular weight is 283 g/mol. The van der Waals surface area contributed by atoms with E-state index < -0.39 is 0 Å². The number of hydrogen-bond acceptors (Lipinski definition) is 3. The molecule has 4 heteroatoms. The zero-order valence-electron chi connectivity index (χ0n) is 8.33. The molecule has 2 aromatic rings. The third kappa shape index (κ3) is 2.58. The molecule has 15 heavy (non-hydrogen) atoms. The highest BCUT2D eigenvalue weighted by molar-refractivity contribution is 9.10. The van der Waals surface area contributed by atoms with Gasteiger partial charge < -0.3 is 5.32 Å². The van der Waals surface area contributed by atoms with Gasteiger partial charge in [-0.05, 0) is 24.6 Å². The van der Waals surface area contributed by atoms with Gasteiger partial charge in [0, 0.05) is 21.7 Å². The average Bonchev–Trinajstić information content (AvgIpc) is 2.73. The highest BCUT2D eigenvalue weighted by atomic mass is 79.9. The topological polar surface area (TPSA) is 24.9 Å². The highest BCUT2D eigenvalue weighted by Gasteiger charge is 2.01. The van der Waals surface area contributed by atoms with Crippen LogP contribution in [0.15, 0.2) is 34.2 Å². The van der Waals surface area contributed by atoms with E-state index in [-0.39, 0.29) is 0 Å². The minimum Gasteiger partial charge on any atom is -0.378 e. The molecule has 0 amide bonds. The molecule has 0 spiro atoms. The maximum Gasteiger partial charge on any atom is 0.112 e. The van der Waals surface area contributed by atoms with Crippen LogP contribution in [0.2, 0.25) is 0 Å². The third-order valence-electron chi connectivity index (χ3n) is 2.18. The predicted octanol–water partition coefficient (Wildman–Crippen LogP) is 3.83. The summed E-state index contributed by atoms with van der Waals surface area (Å²) in [5, 5.41) is 6.47. The molecule has 1 aromatic carbocycles. The van der Waals surface area contributed by atoms with Gasteiger partial charge in [0.1, 0.15) is 5.01 Å². The number of nitrogens with zero attached hydrogens (tertiary/aromatic N) is 1. The second-order valence-electron chi connectivity index (χ2n) is 3.19. The van der Waals surface area contributed by atoms with Crippen molar-refractivity contribution in [1.29, 1.82) is 0 Å². The highest BCUT2D eigenvalue weighted by Crippen LogP contribution is 2.23. The van der Waals surface area contributed by atoms with E-state index in [1.807, 2.05) is 23.7 Å². The van der Waals surface area contributed by atoms with Gasteiger partial charge in [-0.25, -0.2) is 4.98 Å². The van der Waals surface area contributed by atoms with Crippen molar-refractivity contribution in [3.05, 3.63) is 44.8 Å². The van der Waals surface area contributed by atoms with Gasteiger partial charge in [-0.2, -0.15) is 0 Å². The van der Waals surface area contributed by atoms with E-state index in [0.29, 0.717) is 0 Å². The maximum atomic E-state index is 4.23. The van der Waals surface area contributed by atoms with Gasteiger partial charge in [0.15, 0.2) is 0 Å². The third-order valence-corrected chi connectivity index (χ3v) is 3.82. The molecule has 0 saturated heterocycles. The minimum atomic E-state index is 0.787. The van der Waals surface area contributed by atoms with E-state index in [2.05, 4.69) is 39.2 Å². The number of thiazole rings is 1. The van der Waals surface area contributed by atoms with E-state index in [0.717, 1.165) is 21.7 Å². The van der Waals surface area contributed by atoms with Crippen molar-refractivity contribution in [1.82, 2.24) is 4.98 Å². The monoisotopic (exact) mass is 282 g/mol. The molecule has 0 bridgehead atoms. The number of nitrogens with one attached hydrogen (secondary N) is 1. The number of halogens is 1. The van der Waals surface area contributed by atoms with Crippen LogP contribution in [-0.2, 0) is 6.54 Å². The Labute approximate surface area is 101 Å². The predicted molar refractivity (Wildman–Crippen MR) is 68.3 cm³/mol. The molecule has 0 aliphatic carbocycles. The number of benzene rings is 1. The molecule has 1 aromatic heterocycles. The van der Waals surface area contributed by atoms with Crippen molar-refractivity contribution in [2.24, 2.45) is 0 Å². The molecular weight excluding hydrogens is 272 g/mol. The number of rotatable bonds is 3. The second kappa shape index (κ2) is 4.77. The fraction of sp³-hybridized carbons (Fsp3) is 0.182. The zero-order chi connectivity index (χ0) is 10.7. The Morgan fingerprint density at radius 3 is 3.07 bits per heavy atom. The van der Waals surface area contributed by atoms with Gasteiger partial charge in [-0.15, -0.1) is 11.3 Å². The molecule has 78 valence electrons. The molecule has 0 radical (unpaired) electrons. The molecule has 1 heterocycles. The van der Waals surface area contributed by atoms with Crippen molar-refractivity contribution >= 4 is 33.0 Å². The van der Waals surface area contributed by atoms with Crippen LogP contribution >= 0.6 is 27.3 Å². The van der Waals surface area contributed by atoms with Crippen LogP contribution in [0.5, 0.6) is 0 Å². The van der Waals surface area contributed by atoms with Crippen molar-refractivity contribution in [2.45, 2.75) is 13.5 Å². The Morgan fingerprint density at radius 1 is 1.47 bits per heavy atom. The molecule has 1 N–H and O–H groups in total. The lowest BCUT2D eigenvalue weighted by Gasteiger charge is -2.08. The van der Waals surface area contributed by atoms with Crippen molar-refractivity contribution in [3.8, 4) is 0 Å². The lowest BCUT2D eigenvalue weighted by Crippen LogP contribution is -2.00. The Kier molecular flexibility index (Phi) is 3.38. The molecule has 0 aliphatic rings. The van der Waals surface area contributed by atoms with E-state index in [1.165, 1.54) is 5.56 Å². The van der Waals surface area contributed by atoms with Crippen LogP contribution in [-0.4, -0.2) is 4.98 Å². The fourth-order valence-electron chi connectivity index (χ4n) is 1.31. The van der Waals surface area contributed by atoms with Gasteiger partial charge in [0.05, 0.1) is 6.54 Å². The smallest absolute Gasteiger partial charge is 0.112 e. The van der Waals surface area contributed by atoms with Gasteiger partial charge >= 0.3 is 0 Å². The first-order valence-electron chi connectivity index (χ1n) is 4.65. The van der Waals surface area contributed by atoms with E-state index in [9.17, 15) is 0 Å². The Balaban J connectivity index is 2.08. The van der Waals surface area contributed by atoms with E-state index in [4.69, 9.17) is 0 Å². The van der Waals surface area contributed by atoms with Gasteiger partial charge in [-0.3, -0.25) is 0 Å². The standard InChI is InChI=1S/C11H11BrN2S/c1-8-9(12)3-2-4-10(8)14-7-11-13-5-6-15-11/h2-6,14H,7H2,1H3. The van der Waals surface area contributed by atoms with Gasteiger partial charge in [-0.1, -0.05) is 22.0 Å². The molecule has 0 fully saturated rings. The van der Waals surface area contributed by atoms with Crippen LogP contribution in [0, 0.1) is 6.92 Å². The van der Waals surface area contributed by atoms with Crippen molar-refractivity contribution < 1.29 is 0 Å². The largest absolute Gasteiger partial charge is 0.378 e. The second-order valence-corrected chi connectivity index (χ2v) is 5.03. The number of anilines is 1. The molecule has 0 aliphatic heterocycles. The maximum absolute atomic E-state index is 4.23. The molecule has 0 saturated carbocycles. The Bertz CT molecular complexity index is 440. The van der Waals surface area contributed by atoms with Crippen molar-refractivity contribution in [2.75, 3.05) is 5.32 Å². The molecule has 0 atom stereocenters. The summed E-state index contributed by atoms with van der Waals surface area (Å²) in [6.45, 7) is 2.88. The summed E-state index contributed by atoms with van der Waals surface area (Å²) >= 11 is 5.18. The molecule has 2 nitrogen and oxygen atoms in total. The summed E-state index contributed by atoms with van der Waals surface area (Å²) < 4.78 is 1.13.